The van der Waals surface area contributed by atoms with Gasteiger partial charge in [0.1, 0.15) is 0 Å². The summed E-state index contributed by atoms with van der Waals surface area (Å²) in [6, 6.07) is 10.9. The van der Waals surface area contributed by atoms with Crippen molar-refractivity contribution in [2.24, 2.45) is 0 Å². The lowest BCUT2D eigenvalue weighted by Crippen LogP contribution is -2.28. The van der Waals surface area contributed by atoms with Gasteiger partial charge in [-0.3, -0.25) is 9.59 Å². The second-order valence-corrected chi connectivity index (χ2v) is 7.05. The highest BCUT2D eigenvalue weighted by Gasteiger charge is 2.19. The Labute approximate surface area is 169 Å². The third-order valence-electron chi connectivity index (χ3n) is 4.83. The summed E-state index contributed by atoms with van der Waals surface area (Å²) in [5.41, 5.74) is 2.72. The zero-order valence-corrected chi connectivity index (χ0v) is 17.1. The number of carbonyl (C=O) groups excluding carboxylic acids is 1. The minimum Gasteiger partial charge on any atom is -0.320 e. The molecule has 3 rings (SSSR count). The van der Waals surface area contributed by atoms with Gasteiger partial charge < -0.3 is 5.32 Å². The smallest absolute Gasteiger partial charge is 0.276 e. The van der Waals surface area contributed by atoms with E-state index in [-0.39, 0.29) is 17.2 Å². The number of hydrogen-bond acceptors (Lipinski definition) is 3. The molecule has 0 radical (unpaired) electrons. The fourth-order valence-corrected chi connectivity index (χ4v) is 3.70. The summed E-state index contributed by atoms with van der Waals surface area (Å²) in [5, 5.41) is 9.07. The average Bonchev–Trinajstić information content (AvgIpc) is 2.70. The number of rotatable bonds is 6. The third-order valence-corrected chi connectivity index (χ3v) is 5.19. The summed E-state index contributed by atoms with van der Waals surface area (Å²) < 4.78 is 1.37. The third kappa shape index (κ3) is 3.67. The molecule has 5 nitrogen and oxygen atoms in total. The minimum atomic E-state index is -0.340. The predicted molar refractivity (Wildman–Crippen MR) is 114 cm³/mol. The van der Waals surface area contributed by atoms with E-state index in [1.54, 1.807) is 24.3 Å². The van der Waals surface area contributed by atoms with Crippen LogP contribution in [0.1, 0.15) is 48.8 Å². The van der Waals surface area contributed by atoms with Gasteiger partial charge in [0.2, 0.25) is 0 Å². The van der Waals surface area contributed by atoms with E-state index in [9.17, 15) is 9.59 Å². The second kappa shape index (κ2) is 8.57. The van der Waals surface area contributed by atoms with E-state index in [0.29, 0.717) is 28.8 Å². The molecular formula is C22H24ClN3O2. The van der Waals surface area contributed by atoms with E-state index < -0.39 is 0 Å². The van der Waals surface area contributed by atoms with Crippen LogP contribution in [0.3, 0.4) is 0 Å². The molecule has 6 heteroatoms. The van der Waals surface area contributed by atoms with Gasteiger partial charge in [-0.2, -0.15) is 5.10 Å². The van der Waals surface area contributed by atoms with Gasteiger partial charge in [-0.1, -0.05) is 56.6 Å². The molecule has 3 aromatic rings. The number of hydrogen-bond donors (Lipinski definition) is 1. The Kier molecular flexibility index (Phi) is 6.15. The Morgan fingerprint density at radius 2 is 1.79 bits per heavy atom. The van der Waals surface area contributed by atoms with Crippen LogP contribution in [0.15, 0.2) is 41.2 Å². The number of nitrogens with one attached hydrogen (secondary N) is 1. The van der Waals surface area contributed by atoms with Crippen LogP contribution in [0.4, 0.5) is 5.69 Å². The average molecular weight is 398 g/mol. The van der Waals surface area contributed by atoms with Crippen molar-refractivity contribution < 1.29 is 4.79 Å². The van der Waals surface area contributed by atoms with Crippen LogP contribution in [0.2, 0.25) is 5.02 Å². The van der Waals surface area contributed by atoms with Crippen molar-refractivity contribution in [3.05, 3.63) is 68.6 Å². The first-order chi connectivity index (χ1) is 13.5. The van der Waals surface area contributed by atoms with Crippen molar-refractivity contribution in [1.82, 2.24) is 9.78 Å². The maximum Gasteiger partial charge on any atom is 0.276 e. The molecule has 0 spiro atoms. The fraction of sp³-hybridized carbons (Fsp3) is 0.318. The lowest BCUT2D eigenvalue weighted by Gasteiger charge is -2.17. The van der Waals surface area contributed by atoms with Crippen LogP contribution >= 0.6 is 11.6 Å². The number of nitrogens with zero attached hydrogens (tertiary/aromatic N) is 2. The van der Waals surface area contributed by atoms with Gasteiger partial charge in [0, 0.05) is 22.6 Å². The van der Waals surface area contributed by atoms with Gasteiger partial charge in [-0.15, -0.1) is 0 Å². The normalized spacial score (nSPS) is 11.0. The van der Waals surface area contributed by atoms with Crippen LogP contribution in [0.5, 0.6) is 0 Å². The number of aromatic nitrogens is 2. The van der Waals surface area contributed by atoms with Crippen molar-refractivity contribution in [3.63, 3.8) is 0 Å². The summed E-state index contributed by atoms with van der Waals surface area (Å²) in [7, 11) is 0. The van der Waals surface area contributed by atoms with E-state index in [4.69, 9.17) is 11.6 Å². The van der Waals surface area contributed by atoms with Crippen LogP contribution < -0.4 is 10.9 Å². The first-order valence-electron chi connectivity index (χ1n) is 9.63. The van der Waals surface area contributed by atoms with E-state index in [0.717, 1.165) is 29.7 Å². The number of anilines is 1. The minimum absolute atomic E-state index is 0.180. The summed E-state index contributed by atoms with van der Waals surface area (Å²) in [6.45, 7) is 6.47. The van der Waals surface area contributed by atoms with Crippen LogP contribution in [-0.2, 0) is 19.4 Å². The molecule has 0 bridgehead atoms. The Bertz CT molecular complexity index is 1090. The molecule has 0 aliphatic rings. The summed E-state index contributed by atoms with van der Waals surface area (Å²) in [5.74, 6) is -0.340. The van der Waals surface area contributed by atoms with Crippen LogP contribution in [0, 0.1) is 0 Å². The van der Waals surface area contributed by atoms with E-state index in [1.807, 2.05) is 32.9 Å². The van der Waals surface area contributed by atoms with E-state index in [1.165, 1.54) is 4.68 Å². The van der Waals surface area contributed by atoms with Crippen molar-refractivity contribution in [3.8, 4) is 0 Å². The Morgan fingerprint density at radius 3 is 2.43 bits per heavy atom. The Morgan fingerprint density at radius 1 is 1.07 bits per heavy atom. The Balaban J connectivity index is 2.14. The molecule has 1 amide bonds. The second-order valence-electron chi connectivity index (χ2n) is 6.64. The molecule has 0 saturated carbocycles. The van der Waals surface area contributed by atoms with Gasteiger partial charge in [0.15, 0.2) is 5.69 Å². The first-order valence-corrected chi connectivity index (χ1v) is 10.0. The zero-order chi connectivity index (χ0) is 20.3. The number of benzene rings is 2. The molecule has 1 N–H and O–H groups in total. The number of aryl methyl sites for hydroxylation is 2. The largest absolute Gasteiger partial charge is 0.320 e. The molecule has 146 valence electrons. The molecule has 0 saturated heterocycles. The topological polar surface area (TPSA) is 64.0 Å². The van der Waals surface area contributed by atoms with Crippen LogP contribution in [0.25, 0.3) is 10.8 Å². The molecule has 1 aromatic heterocycles. The summed E-state index contributed by atoms with van der Waals surface area (Å²) in [6.07, 6.45) is 2.22. The highest BCUT2D eigenvalue weighted by Crippen LogP contribution is 2.30. The highest BCUT2D eigenvalue weighted by atomic mass is 35.5. The standard InChI is InChI=1S/C22H24ClN3O2/c1-4-13-26-22(28)17-10-8-7-9-16(17)20(25-26)21(27)24-19-14(5-2)11-12-18(23)15(19)6-3/h7-12H,4-6,13H2,1-3H3,(H,24,27). The Hall–Kier alpha value is -2.66. The molecule has 0 unspecified atom stereocenters. The fourth-order valence-electron chi connectivity index (χ4n) is 3.41. The molecule has 28 heavy (non-hydrogen) atoms. The molecule has 0 aliphatic heterocycles. The van der Waals surface area contributed by atoms with E-state index in [2.05, 4.69) is 10.4 Å². The molecule has 0 fully saturated rings. The molecule has 0 atom stereocenters. The lowest BCUT2D eigenvalue weighted by atomic mass is 10.0. The molecule has 0 aliphatic carbocycles. The predicted octanol–water partition coefficient (Wildman–Crippen LogP) is 4.84. The quantitative estimate of drug-likeness (QED) is 0.647. The van der Waals surface area contributed by atoms with Crippen molar-refractivity contribution in [2.45, 2.75) is 46.6 Å². The number of halogens is 1. The lowest BCUT2D eigenvalue weighted by molar-refractivity contribution is 0.102. The molecular weight excluding hydrogens is 374 g/mol. The number of carbonyl (C=O) groups is 1. The van der Waals surface area contributed by atoms with Gasteiger partial charge in [0.25, 0.3) is 11.5 Å². The highest BCUT2D eigenvalue weighted by molar-refractivity contribution is 6.32. The van der Waals surface area contributed by atoms with Crippen molar-refractivity contribution >= 4 is 34.0 Å². The number of fused-ring (bicyclic) bond motifs is 1. The summed E-state index contributed by atoms with van der Waals surface area (Å²) >= 11 is 6.36. The molecule has 1 heterocycles. The maximum absolute atomic E-state index is 13.2. The van der Waals surface area contributed by atoms with Crippen molar-refractivity contribution in [2.75, 3.05) is 5.32 Å². The molecule has 2 aromatic carbocycles. The first kappa shape index (κ1) is 20.1. The van der Waals surface area contributed by atoms with Gasteiger partial charge >= 0.3 is 0 Å². The maximum atomic E-state index is 13.2. The zero-order valence-electron chi connectivity index (χ0n) is 16.4. The van der Waals surface area contributed by atoms with E-state index >= 15 is 0 Å². The number of amides is 1. The van der Waals surface area contributed by atoms with Gasteiger partial charge in [0.05, 0.1) is 5.39 Å². The van der Waals surface area contributed by atoms with Gasteiger partial charge in [-0.25, -0.2) is 4.68 Å². The van der Waals surface area contributed by atoms with Crippen molar-refractivity contribution in [1.29, 1.82) is 0 Å². The monoisotopic (exact) mass is 397 g/mol. The SMILES string of the molecule is CCCn1nc(C(=O)Nc2c(CC)ccc(Cl)c2CC)c2ccccc2c1=O. The van der Waals surface area contributed by atoms with Gasteiger partial charge in [-0.05, 0) is 42.5 Å². The van der Waals surface area contributed by atoms with Crippen LogP contribution in [-0.4, -0.2) is 15.7 Å². The summed E-state index contributed by atoms with van der Waals surface area (Å²) in [4.78, 5) is 25.9.